The number of aliphatic hydroxyl groups is 1. The van der Waals surface area contributed by atoms with Crippen molar-refractivity contribution >= 4 is 5.91 Å². The quantitative estimate of drug-likeness (QED) is 0.710. The van der Waals surface area contributed by atoms with Gasteiger partial charge in [0, 0.05) is 13.1 Å². The van der Waals surface area contributed by atoms with Gasteiger partial charge in [0.2, 0.25) is 5.91 Å². The van der Waals surface area contributed by atoms with Gasteiger partial charge in [-0.2, -0.15) is 13.2 Å². The van der Waals surface area contributed by atoms with E-state index in [2.05, 4.69) is 10.6 Å². The lowest BCUT2D eigenvalue weighted by molar-refractivity contribution is -0.216. The number of amides is 1. The van der Waals surface area contributed by atoms with Gasteiger partial charge in [-0.15, -0.1) is 0 Å². The maximum Gasteiger partial charge on any atom is 0.404 e. The van der Waals surface area contributed by atoms with Crippen molar-refractivity contribution in [2.75, 3.05) is 19.6 Å². The molecular weight excluding hydrogens is 261 g/mol. The Balaban J connectivity index is 2.70. The number of hydrogen-bond acceptors (Lipinski definition) is 3. The van der Waals surface area contributed by atoms with E-state index >= 15 is 0 Å². The highest BCUT2D eigenvalue weighted by atomic mass is 19.4. The summed E-state index contributed by atoms with van der Waals surface area (Å²) in [5.74, 6) is -1.05. The van der Waals surface area contributed by atoms with Crippen molar-refractivity contribution < 1.29 is 23.1 Å². The van der Waals surface area contributed by atoms with Crippen LogP contribution in [0, 0.1) is 5.41 Å². The molecule has 1 rings (SSSR count). The average molecular weight is 282 g/mol. The van der Waals surface area contributed by atoms with E-state index in [0.29, 0.717) is 12.8 Å². The molecule has 1 aliphatic heterocycles. The van der Waals surface area contributed by atoms with Crippen molar-refractivity contribution in [1.82, 2.24) is 10.6 Å². The van der Waals surface area contributed by atoms with Crippen molar-refractivity contribution in [3.63, 3.8) is 0 Å². The molecular formula is C12H21F3N2O2. The Morgan fingerprint density at radius 1 is 1.47 bits per heavy atom. The fraction of sp³-hybridized carbons (Fsp3) is 0.917. The Morgan fingerprint density at radius 2 is 2.11 bits per heavy atom. The first-order valence-corrected chi connectivity index (χ1v) is 6.43. The largest absolute Gasteiger partial charge is 0.404 e. The van der Waals surface area contributed by atoms with Crippen LogP contribution in [0.1, 0.15) is 33.1 Å². The highest BCUT2D eigenvalue weighted by molar-refractivity contribution is 5.84. The van der Waals surface area contributed by atoms with E-state index in [9.17, 15) is 23.1 Å². The van der Waals surface area contributed by atoms with Gasteiger partial charge < -0.3 is 15.7 Å². The number of hydrogen-bond donors (Lipinski definition) is 3. The third-order valence-electron chi connectivity index (χ3n) is 3.55. The minimum Gasteiger partial charge on any atom is -0.388 e. The summed E-state index contributed by atoms with van der Waals surface area (Å²) in [7, 11) is 0. The molecule has 1 amide bonds. The van der Waals surface area contributed by atoms with E-state index in [1.165, 1.54) is 6.92 Å². The summed E-state index contributed by atoms with van der Waals surface area (Å²) >= 11 is 0. The fourth-order valence-electron chi connectivity index (χ4n) is 2.32. The van der Waals surface area contributed by atoms with Gasteiger partial charge in [0.1, 0.15) is 0 Å². The summed E-state index contributed by atoms with van der Waals surface area (Å²) < 4.78 is 39.2. The van der Waals surface area contributed by atoms with Crippen molar-refractivity contribution in [3.8, 4) is 0 Å². The first-order valence-electron chi connectivity index (χ1n) is 6.43. The first kappa shape index (κ1) is 16.2. The van der Waals surface area contributed by atoms with Gasteiger partial charge in [-0.05, 0) is 26.3 Å². The smallest absolute Gasteiger partial charge is 0.388 e. The van der Waals surface area contributed by atoms with Crippen molar-refractivity contribution in [2.24, 2.45) is 5.41 Å². The minimum absolute atomic E-state index is 0.165. The maximum atomic E-state index is 13.1. The van der Waals surface area contributed by atoms with Gasteiger partial charge in [0.05, 0.1) is 5.60 Å². The molecule has 0 aliphatic carbocycles. The number of halogens is 3. The van der Waals surface area contributed by atoms with Crippen LogP contribution in [0.2, 0.25) is 0 Å². The Kier molecular flexibility index (Phi) is 4.84. The molecule has 2 atom stereocenters. The summed E-state index contributed by atoms with van der Waals surface area (Å²) in [4.78, 5) is 11.9. The Bertz CT molecular complexity index is 323. The van der Waals surface area contributed by atoms with Gasteiger partial charge in [-0.3, -0.25) is 4.79 Å². The van der Waals surface area contributed by atoms with E-state index in [0.717, 1.165) is 0 Å². The molecule has 0 saturated carbocycles. The van der Waals surface area contributed by atoms with Crippen LogP contribution < -0.4 is 10.6 Å². The first-order chi connectivity index (χ1) is 8.65. The molecule has 7 heteroatoms. The molecule has 0 spiro atoms. The molecule has 1 aliphatic rings. The standard InChI is InChI=1S/C12H21F3N2O2/c1-3-4-10(2,19)7-17-9(18)11(12(13,14)15)5-6-16-8-11/h16,19H,3-8H2,1-2H3,(H,17,18). The van der Waals surface area contributed by atoms with Gasteiger partial charge in [0.25, 0.3) is 0 Å². The van der Waals surface area contributed by atoms with Crippen LogP contribution >= 0.6 is 0 Å². The summed E-state index contributed by atoms with van der Waals surface area (Å²) in [5, 5.41) is 14.7. The topological polar surface area (TPSA) is 61.4 Å². The van der Waals surface area contributed by atoms with Gasteiger partial charge in [-0.25, -0.2) is 0 Å². The van der Waals surface area contributed by atoms with Crippen LogP contribution in [-0.2, 0) is 4.79 Å². The molecule has 0 radical (unpaired) electrons. The van der Waals surface area contributed by atoms with E-state index in [1.54, 1.807) is 0 Å². The molecule has 0 aromatic heterocycles. The Hall–Kier alpha value is -0.820. The maximum absolute atomic E-state index is 13.1. The Labute approximate surface area is 110 Å². The van der Waals surface area contributed by atoms with Crippen LogP contribution in [0.5, 0.6) is 0 Å². The number of rotatable bonds is 5. The van der Waals surface area contributed by atoms with Crippen LogP contribution in [0.3, 0.4) is 0 Å². The highest BCUT2D eigenvalue weighted by Gasteiger charge is 2.61. The summed E-state index contributed by atoms with van der Waals surface area (Å²) in [6, 6.07) is 0. The van der Waals surface area contributed by atoms with Crippen molar-refractivity contribution in [1.29, 1.82) is 0 Å². The summed E-state index contributed by atoms with van der Waals surface area (Å²) in [6.45, 7) is 2.95. The van der Waals surface area contributed by atoms with Crippen LogP contribution in [0.4, 0.5) is 13.2 Å². The third kappa shape index (κ3) is 3.60. The SMILES string of the molecule is CCCC(C)(O)CNC(=O)C1(C(F)(F)F)CCNC1. The zero-order chi connectivity index (χ0) is 14.7. The third-order valence-corrected chi connectivity index (χ3v) is 3.55. The van der Waals surface area contributed by atoms with Gasteiger partial charge in [-0.1, -0.05) is 13.3 Å². The monoisotopic (exact) mass is 282 g/mol. The lowest BCUT2D eigenvalue weighted by Gasteiger charge is -2.31. The molecule has 0 aromatic carbocycles. The van der Waals surface area contributed by atoms with Crippen LogP contribution in [0.25, 0.3) is 0 Å². The van der Waals surface area contributed by atoms with Gasteiger partial charge >= 0.3 is 6.18 Å². The predicted octanol–water partition coefficient (Wildman–Crippen LogP) is 1.20. The second-order valence-corrected chi connectivity index (χ2v) is 5.44. The zero-order valence-electron chi connectivity index (χ0n) is 11.2. The number of nitrogens with one attached hydrogen (secondary N) is 2. The summed E-state index contributed by atoms with van der Waals surface area (Å²) in [5.41, 5.74) is -3.54. The fourth-order valence-corrected chi connectivity index (χ4v) is 2.32. The van der Waals surface area contributed by atoms with Crippen molar-refractivity contribution in [2.45, 2.75) is 44.9 Å². The van der Waals surface area contributed by atoms with Crippen LogP contribution in [-0.4, -0.2) is 42.4 Å². The minimum atomic E-state index is -4.59. The predicted molar refractivity (Wildman–Crippen MR) is 64.5 cm³/mol. The normalized spacial score (nSPS) is 27.1. The lowest BCUT2D eigenvalue weighted by Crippen LogP contribution is -2.54. The lowest BCUT2D eigenvalue weighted by atomic mass is 9.85. The van der Waals surface area contributed by atoms with Gasteiger partial charge in [0.15, 0.2) is 5.41 Å². The highest BCUT2D eigenvalue weighted by Crippen LogP contribution is 2.43. The molecule has 112 valence electrons. The van der Waals surface area contributed by atoms with Crippen molar-refractivity contribution in [3.05, 3.63) is 0 Å². The molecule has 1 heterocycles. The molecule has 3 N–H and O–H groups in total. The summed E-state index contributed by atoms with van der Waals surface area (Å²) in [6.07, 6.45) is -3.74. The second kappa shape index (κ2) is 5.66. The van der Waals surface area contributed by atoms with Crippen LogP contribution in [0.15, 0.2) is 0 Å². The zero-order valence-corrected chi connectivity index (χ0v) is 11.2. The number of carbonyl (C=O) groups excluding carboxylic acids is 1. The second-order valence-electron chi connectivity index (χ2n) is 5.44. The molecule has 0 aromatic rings. The van der Waals surface area contributed by atoms with E-state index in [1.807, 2.05) is 6.92 Å². The van der Waals surface area contributed by atoms with E-state index < -0.39 is 29.6 Å². The molecule has 19 heavy (non-hydrogen) atoms. The van der Waals surface area contributed by atoms with E-state index in [-0.39, 0.29) is 19.5 Å². The molecule has 1 fully saturated rings. The molecule has 4 nitrogen and oxygen atoms in total. The number of alkyl halides is 3. The van der Waals surface area contributed by atoms with E-state index in [4.69, 9.17) is 0 Å². The molecule has 1 saturated heterocycles. The average Bonchev–Trinajstić information content (AvgIpc) is 2.75. The molecule has 2 unspecified atom stereocenters. The molecule has 0 bridgehead atoms. The Morgan fingerprint density at radius 3 is 2.53 bits per heavy atom. The number of carbonyl (C=O) groups is 1.